The molecule has 0 amide bonds. The van der Waals surface area contributed by atoms with Crippen LogP contribution in [0, 0.1) is 0 Å². The second-order valence-corrected chi connectivity index (χ2v) is 7.15. The van der Waals surface area contributed by atoms with Crippen molar-refractivity contribution in [1.82, 2.24) is 20.4 Å². The largest absolute Gasteiger partial charge is 0.497 e. The summed E-state index contributed by atoms with van der Waals surface area (Å²) in [6.07, 6.45) is 0. The van der Waals surface area contributed by atoms with Gasteiger partial charge in [-0.15, -0.1) is 20.4 Å². The van der Waals surface area contributed by atoms with Crippen molar-refractivity contribution in [3.63, 3.8) is 0 Å². The third-order valence-corrected chi connectivity index (χ3v) is 5.13. The Bertz CT molecular complexity index is 1050. The molecule has 0 fully saturated rings. The highest BCUT2D eigenvalue weighted by Gasteiger charge is 2.14. The molecule has 2 aromatic carbocycles. The van der Waals surface area contributed by atoms with Crippen molar-refractivity contribution in [1.29, 1.82) is 0 Å². The van der Waals surface area contributed by atoms with Crippen molar-refractivity contribution in [3.8, 4) is 28.7 Å². The summed E-state index contributed by atoms with van der Waals surface area (Å²) in [7, 11) is 1.62. The predicted molar refractivity (Wildman–Crippen MR) is 103 cm³/mol. The minimum Gasteiger partial charge on any atom is -0.497 e. The molecule has 2 aromatic heterocycles. The summed E-state index contributed by atoms with van der Waals surface area (Å²) < 4.78 is 17.4. The monoisotopic (exact) mass is 444 g/mol. The molecule has 0 unspecified atom stereocenters. The molecule has 136 valence electrons. The maximum Gasteiger partial charge on any atom is 0.277 e. The van der Waals surface area contributed by atoms with E-state index in [1.54, 1.807) is 7.11 Å². The topological polar surface area (TPSA) is 87.1 Å². The van der Waals surface area contributed by atoms with Gasteiger partial charge in [0, 0.05) is 10.0 Å². The van der Waals surface area contributed by atoms with Gasteiger partial charge in [-0.2, -0.15) is 0 Å². The fourth-order valence-electron chi connectivity index (χ4n) is 2.30. The standard InChI is InChI=1S/C18H13BrN4O3S/c1-24-12-8-6-11(7-9-12)16-21-23-18(26-16)27-10-15-20-22-17(25-15)13-4-2-3-5-14(13)19/h2-9H,10H2,1H3. The highest BCUT2D eigenvalue weighted by molar-refractivity contribution is 9.10. The summed E-state index contributed by atoms with van der Waals surface area (Å²) in [4.78, 5) is 0. The fourth-order valence-corrected chi connectivity index (χ4v) is 3.35. The van der Waals surface area contributed by atoms with Gasteiger partial charge in [-0.05, 0) is 52.3 Å². The first-order valence-electron chi connectivity index (χ1n) is 7.91. The minimum absolute atomic E-state index is 0.432. The van der Waals surface area contributed by atoms with E-state index in [2.05, 4.69) is 36.3 Å². The third kappa shape index (κ3) is 4.04. The molecule has 0 bridgehead atoms. The van der Waals surface area contributed by atoms with Crippen molar-refractivity contribution in [2.45, 2.75) is 11.0 Å². The average Bonchev–Trinajstić information content (AvgIpc) is 3.36. The summed E-state index contributed by atoms with van der Waals surface area (Å²) in [5.74, 6) is 2.59. The van der Waals surface area contributed by atoms with E-state index in [1.807, 2.05) is 48.5 Å². The van der Waals surface area contributed by atoms with E-state index >= 15 is 0 Å². The molecule has 2 heterocycles. The number of halogens is 1. The Balaban J connectivity index is 1.42. The normalized spacial score (nSPS) is 10.9. The Morgan fingerprint density at radius 3 is 2.48 bits per heavy atom. The number of aromatic nitrogens is 4. The molecular formula is C18H13BrN4O3S. The van der Waals surface area contributed by atoms with Gasteiger partial charge in [-0.1, -0.05) is 23.9 Å². The van der Waals surface area contributed by atoms with Gasteiger partial charge in [0.05, 0.1) is 18.4 Å². The zero-order valence-corrected chi connectivity index (χ0v) is 16.5. The highest BCUT2D eigenvalue weighted by atomic mass is 79.9. The van der Waals surface area contributed by atoms with Crippen LogP contribution in [0.3, 0.4) is 0 Å². The van der Waals surface area contributed by atoms with Crippen molar-refractivity contribution >= 4 is 27.7 Å². The Kier molecular flexibility index (Phi) is 5.21. The molecular weight excluding hydrogens is 432 g/mol. The van der Waals surface area contributed by atoms with Crippen molar-refractivity contribution in [3.05, 3.63) is 58.9 Å². The van der Waals surface area contributed by atoms with Crippen LogP contribution in [0.25, 0.3) is 22.9 Å². The fraction of sp³-hybridized carbons (Fsp3) is 0.111. The predicted octanol–water partition coefficient (Wildman–Crippen LogP) is 4.85. The molecule has 27 heavy (non-hydrogen) atoms. The quantitative estimate of drug-likeness (QED) is 0.390. The van der Waals surface area contributed by atoms with Crippen LogP contribution in [0.4, 0.5) is 0 Å². The van der Waals surface area contributed by atoms with E-state index in [9.17, 15) is 0 Å². The Morgan fingerprint density at radius 2 is 1.70 bits per heavy atom. The summed E-state index contributed by atoms with van der Waals surface area (Å²) in [6.45, 7) is 0. The third-order valence-electron chi connectivity index (χ3n) is 3.63. The Hall–Kier alpha value is -2.65. The van der Waals surface area contributed by atoms with Crippen LogP contribution in [0.2, 0.25) is 0 Å². The first-order valence-corrected chi connectivity index (χ1v) is 9.69. The molecule has 0 saturated carbocycles. The van der Waals surface area contributed by atoms with Gasteiger partial charge in [-0.3, -0.25) is 0 Å². The molecule has 4 rings (SSSR count). The van der Waals surface area contributed by atoms with Crippen LogP contribution in [0.15, 0.2) is 67.1 Å². The van der Waals surface area contributed by atoms with Crippen LogP contribution < -0.4 is 4.74 Å². The van der Waals surface area contributed by atoms with Gasteiger partial charge >= 0.3 is 0 Å². The van der Waals surface area contributed by atoms with E-state index in [0.717, 1.165) is 21.3 Å². The number of ether oxygens (including phenoxy) is 1. The number of methoxy groups -OCH3 is 1. The SMILES string of the molecule is COc1ccc(-c2nnc(SCc3nnc(-c4ccccc4Br)o3)o2)cc1. The molecule has 0 aliphatic carbocycles. The van der Waals surface area contributed by atoms with Crippen LogP contribution in [0.1, 0.15) is 5.89 Å². The van der Waals surface area contributed by atoms with Gasteiger partial charge in [0.15, 0.2) is 0 Å². The number of benzene rings is 2. The van der Waals surface area contributed by atoms with Gasteiger partial charge in [-0.25, -0.2) is 0 Å². The smallest absolute Gasteiger partial charge is 0.277 e. The molecule has 4 aromatic rings. The average molecular weight is 445 g/mol. The first kappa shape index (κ1) is 17.7. The number of hydrogen-bond donors (Lipinski definition) is 0. The van der Waals surface area contributed by atoms with Gasteiger partial charge < -0.3 is 13.6 Å². The van der Waals surface area contributed by atoms with E-state index in [-0.39, 0.29) is 0 Å². The minimum atomic E-state index is 0.432. The molecule has 9 heteroatoms. The number of thioether (sulfide) groups is 1. The summed E-state index contributed by atoms with van der Waals surface area (Å²) >= 11 is 4.81. The lowest BCUT2D eigenvalue weighted by atomic mass is 10.2. The van der Waals surface area contributed by atoms with Gasteiger partial charge in [0.2, 0.25) is 17.7 Å². The van der Waals surface area contributed by atoms with E-state index < -0.39 is 0 Å². The molecule has 0 saturated heterocycles. The van der Waals surface area contributed by atoms with Gasteiger partial charge in [0.1, 0.15) is 5.75 Å². The zero-order chi connectivity index (χ0) is 18.6. The molecule has 0 atom stereocenters. The lowest BCUT2D eigenvalue weighted by Gasteiger charge is -1.99. The number of hydrogen-bond acceptors (Lipinski definition) is 8. The van der Waals surface area contributed by atoms with Crippen molar-refractivity contribution < 1.29 is 13.6 Å². The molecule has 0 radical (unpaired) electrons. The molecule has 0 aliphatic heterocycles. The van der Waals surface area contributed by atoms with Crippen LogP contribution in [-0.4, -0.2) is 27.5 Å². The second-order valence-electron chi connectivity index (χ2n) is 5.37. The molecule has 7 nitrogen and oxygen atoms in total. The van der Waals surface area contributed by atoms with E-state index in [0.29, 0.717) is 28.6 Å². The van der Waals surface area contributed by atoms with Crippen LogP contribution >= 0.6 is 27.7 Å². The maximum atomic E-state index is 5.71. The number of rotatable bonds is 6. The van der Waals surface area contributed by atoms with E-state index in [4.69, 9.17) is 13.6 Å². The van der Waals surface area contributed by atoms with Crippen molar-refractivity contribution in [2.75, 3.05) is 7.11 Å². The number of nitrogens with zero attached hydrogens (tertiary/aromatic N) is 4. The second kappa shape index (κ2) is 7.93. The van der Waals surface area contributed by atoms with E-state index in [1.165, 1.54) is 11.8 Å². The summed E-state index contributed by atoms with van der Waals surface area (Å²) in [6, 6.07) is 15.1. The lowest BCUT2D eigenvalue weighted by Crippen LogP contribution is -1.82. The Labute approximate surface area is 167 Å². The molecule has 0 spiro atoms. The van der Waals surface area contributed by atoms with Crippen LogP contribution in [0.5, 0.6) is 5.75 Å². The van der Waals surface area contributed by atoms with Gasteiger partial charge in [0.25, 0.3) is 5.22 Å². The van der Waals surface area contributed by atoms with Crippen LogP contribution in [-0.2, 0) is 5.75 Å². The zero-order valence-electron chi connectivity index (χ0n) is 14.1. The Morgan fingerprint density at radius 1 is 0.926 bits per heavy atom. The maximum absolute atomic E-state index is 5.71. The summed E-state index contributed by atoms with van der Waals surface area (Å²) in [5, 5.41) is 16.7. The first-order chi connectivity index (χ1) is 13.2. The lowest BCUT2D eigenvalue weighted by molar-refractivity contribution is 0.414. The molecule has 0 N–H and O–H groups in total. The highest BCUT2D eigenvalue weighted by Crippen LogP contribution is 2.29. The molecule has 0 aliphatic rings. The summed E-state index contributed by atoms with van der Waals surface area (Å²) in [5.41, 5.74) is 1.67. The van der Waals surface area contributed by atoms with Crippen molar-refractivity contribution in [2.24, 2.45) is 0 Å².